The van der Waals surface area contributed by atoms with E-state index >= 15 is 0 Å². The summed E-state index contributed by atoms with van der Waals surface area (Å²) in [5.74, 6) is -1.31. The number of nitriles is 1. The molecule has 1 aromatic carbocycles. The Morgan fingerprint density at radius 2 is 1.90 bits per heavy atom. The first kappa shape index (κ1) is 15.7. The van der Waals surface area contributed by atoms with Crippen LogP contribution in [0, 0.1) is 11.3 Å². The number of nitrogens with zero attached hydrogens (tertiary/aromatic N) is 2. The summed E-state index contributed by atoms with van der Waals surface area (Å²) in [6.07, 6.45) is 0. The molecule has 2 N–H and O–H groups in total. The molecule has 0 fully saturated rings. The highest BCUT2D eigenvalue weighted by Crippen LogP contribution is 2.13. The second-order valence-corrected chi connectivity index (χ2v) is 4.96. The largest absolute Gasteiger partial charge is 0.480 e. The maximum absolute atomic E-state index is 11.8. The molecule has 0 heterocycles. The normalized spacial score (nSPS) is 10.9. The number of anilines is 1. The zero-order valence-corrected chi connectivity index (χ0v) is 11.7. The Balaban J connectivity index is 2.64. The van der Waals surface area contributed by atoms with Gasteiger partial charge in [-0.05, 0) is 45.2 Å². The van der Waals surface area contributed by atoms with Gasteiger partial charge in [-0.2, -0.15) is 5.26 Å². The van der Waals surface area contributed by atoms with Crippen LogP contribution in [0.4, 0.5) is 5.69 Å². The van der Waals surface area contributed by atoms with E-state index in [0.717, 1.165) is 0 Å². The van der Waals surface area contributed by atoms with E-state index in [1.807, 2.05) is 6.07 Å². The standard InChI is InChI=1S/C14H17N3O3/c1-14(2,13(19)20)17(3)9-12(18)16-11-6-4-10(8-15)5-7-11/h4-7H,9H2,1-3H3,(H,16,18)(H,19,20). The quantitative estimate of drug-likeness (QED) is 0.844. The molecule has 6 heteroatoms. The zero-order chi connectivity index (χ0) is 15.3. The molecule has 0 aliphatic carbocycles. The molecule has 6 nitrogen and oxygen atoms in total. The Bertz CT molecular complexity index is 544. The summed E-state index contributed by atoms with van der Waals surface area (Å²) in [4.78, 5) is 24.4. The van der Waals surface area contributed by atoms with Gasteiger partial charge >= 0.3 is 5.97 Å². The van der Waals surface area contributed by atoms with Crippen molar-refractivity contribution in [2.75, 3.05) is 18.9 Å². The van der Waals surface area contributed by atoms with Crippen LogP contribution in [0.3, 0.4) is 0 Å². The van der Waals surface area contributed by atoms with Gasteiger partial charge in [0, 0.05) is 5.69 Å². The molecule has 0 unspecified atom stereocenters. The number of rotatable bonds is 5. The first-order valence-electron chi connectivity index (χ1n) is 6.02. The van der Waals surface area contributed by atoms with Gasteiger partial charge in [0.15, 0.2) is 0 Å². The maximum atomic E-state index is 11.8. The Hall–Kier alpha value is -2.39. The molecule has 1 amide bonds. The van der Waals surface area contributed by atoms with Crippen molar-refractivity contribution in [2.24, 2.45) is 0 Å². The molecule has 20 heavy (non-hydrogen) atoms. The number of benzene rings is 1. The fourth-order valence-corrected chi connectivity index (χ4v) is 1.40. The number of aliphatic carboxylic acids is 1. The summed E-state index contributed by atoms with van der Waals surface area (Å²) in [6.45, 7) is 3.02. The average Bonchev–Trinajstić information content (AvgIpc) is 2.39. The zero-order valence-electron chi connectivity index (χ0n) is 11.7. The number of nitrogens with one attached hydrogen (secondary N) is 1. The fourth-order valence-electron chi connectivity index (χ4n) is 1.40. The predicted octanol–water partition coefficient (Wildman–Crippen LogP) is 1.29. The minimum absolute atomic E-state index is 0.0424. The molecule has 0 atom stereocenters. The van der Waals surface area contributed by atoms with Crippen LogP contribution in [0.5, 0.6) is 0 Å². The highest BCUT2D eigenvalue weighted by molar-refractivity contribution is 5.92. The van der Waals surface area contributed by atoms with Gasteiger partial charge in [0.2, 0.25) is 5.91 Å². The number of carboxylic acid groups (broad SMARTS) is 1. The minimum atomic E-state index is -1.12. The van der Waals surface area contributed by atoms with E-state index < -0.39 is 11.5 Å². The number of carbonyl (C=O) groups is 2. The summed E-state index contributed by atoms with van der Waals surface area (Å²) in [5, 5.41) is 20.4. The molecule has 0 aromatic heterocycles. The maximum Gasteiger partial charge on any atom is 0.323 e. The molecule has 106 valence electrons. The van der Waals surface area contributed by atoms with Crippen LogP contribution in [0.2, 0.25) is 0 Å². The third kappa shape index (κ3) is 3.80. The third-order valence-electron chi connectivity index (χ3n) is 3.16. The van der Waals surface area contributed by atoms with Gasteiger partial charge in [0.05, 0.1) is 18.2 Å². The van der Waals surface area contributed by atoms with E-state index in [1.54, 1.807) is 31.3 Å². The molecular weight excluding hydrogens is 258 g/mol. The van der Waals surface area contributed by atoms with Crippen LogP contribution < -0.4 is 5.32 Å². The number of carbonyl (C=O) groups excluding carboxylic acids is 1. The van der Waals surface area contributed by atoms with E-state index in [1.165, 1.54) is 18.7 Å². The second-order valence-electron chi connectivity index (χ2n) is 4.96. The summed E-state index contributed by atoms with van der Waals surface area (Å²) in [7, 11) is 1.58. The monoisotopic (exact) mass is 275 g/mol. The molecule has 0 saturated carbocycles. The van der Waals surface area contributed by atoms with Gasteiger partial charge in [0.1, 0.15) is 5.54 Å². The molecule has 1 rings (SSSR count). The van der Waals surface area contributed by atoms with Crippen LogP contribution in [0.15, 0.2) is 24.3 Å². The molecular formula is C14H17N3O3. The fraction of sp³-hybridized carbons (Fsp3) is 0.357. The Labute approximate surface area is 117 Å². The number of hydrogen-bond donors (Lipinski definition) is 2. The van der Waals surface area contributed by atoms with E-state index in [4.69, 9.17) is 10.4 Å². The van der Waals surface area contributed by atoms with Crippen LogP contribution in [-0.4, -0.2) is 41.0 Å². The Morgan fingerprint density at radius 1 is 1.35 bits per heavy atom. The highest BCUT2D eigenvalue weighted by Gasteiger charge is 2.32. The van der Waals surface area contributed by atoms with Gasteiger partial charge in [-0.25, -0.2) is 0 Å². The smallest absolute Gasteiger partial charge is 0.323 e. The van der Waals surface area contributed by atoms with E-state index in [0.29, 0.717) is 11.3 Å². The van der Waals surface area contributed by atoms with E-state index in [2.05, 4.69) is 5.32 Å². The first-order valence-corrected chi connectivity index (χ1v) is 6.02. The lowest BCUT2D eigenvalue weighted by molar-refractivity contribution is -0.148. The third-order valence-corrected chi connectivity index (χ3v) is 3.16. The molecule has 0 aliphatic rings. The molecule has 0 bridgehead atoms. The van der Waals surface area contributed by atoms with Crippen LogP contribution >= 0.6 is 0 Å². The number of amides is 1. The average molecular weight is 275 g/mol. The predicted molar refractivity (Wildman–Crippen MR) is 74.1 cm³/mol. The SMILES string of the molecule is CN(CC(=O)Nc1ccc(C#N)cc1)C(C)(C)C(=O)O. The summed E-state index contributed by atoms with van der Waals surface area (Å²) in [6, 6.07) is 8.43. The van der Waals surface area contributed by atoms with Gasteiger partial charge in [-0.1, -0.05) is 0 Å². The van der Waals surface area contributed by atoms with Crippen molar-refractivity contribution in [3.05, 3.63) is 29.8 Å². The van der Waals surface area contributed by atoms with E-state index in [-0.39, 0.29) is 12.5 Å². The van der Waals surface area contributed by atoms with Gasteiger partial charge in [-0.3, -0.25) is 14.5 Å². The summed E-state index contributed by atoms with van der Waals surface area (Å²) >= 11 is 0. The lowest BCUT2D eigenvalue weighted by Crippen LogP contribution is -2.50. The van der Waals surface area contributed by atoms with E-state index in [9.17, 15) is 9.59 Å². The molecule has 0 aliphatic heterocycles. The molecule has 0 spiro atoms. The van der Waals surface area contributed by atoms with Crippen LogP contribution in [0.1, 0.15) is 19.4 Å². The van der Waals surface area contributed by atoms with Crippen LogP contribution in [0.25, 0.3) is 0 Å². The van der Waals surface area contributed by atoms with Crippen LogP contribution in [-0.2, 0) is 9.59 Å². The van der Waals surface area contributed by atoms with Crippen molar-refractivity contribution in [2.45, 2.75) is 19.4 Å². The lowest BCUT2D eigenvalue weighted by Gasteiger charge is -2.30. The van der Waals surface area contributed by atoms with Crippen molar-refractivity contribution in [3.63, 3.8) is 0 Å². The Morgan fingerprint density at radius 3 is 2.35 bits per heavy atom. The summed E-state index contributed by atoms with van der Waals surface area (Å²) < 4.78 is 0. The molecule has 0 radical (unpaired) electrons. The topological polar surface area (TPSA) is 93.4 Å². The molecule has 0 saturated heterocycles. The number of likely N-dealkylation sites (N-methyl/N-ethyl adjacent to an activating group) is 1. The lowest BCUT2D eigenvalue weighted by atomic mass is 10.0. The number of hydrogen-bond acceptors (Lipinski definition) is 4. The summed E-state index contributed by atoms with van der Waals surface area (Å²) in [5.41, 5.74) is -0.0511. The van der Waals surface area contributed by atoms with Crippen molar-refractivity contribution in [3.8, 4) is 6.07 Å². The number of carboxylic acids is 1. The highest BCUT2D eigenvalue weighted by atomic mass is 16.4. The van der Waals surface area contributed by atoms with Gasteiger partial charge < -0.3 is 10.4 Å². The second kappa shape index (κ2) is 6.17. The van der Waals surface area contributed by atoms with Gasteiger partial charge in [0.25, 0.3) is 0 Å². The van der Waals surface area contributed by atoms with Gasteiger partial charge in [-0.15, -0.1) is 0 Å². The Kier molecular flexibility index (Phi) is 4.83. The first-order chi connectivity index (χ1) is 9.27. The van der Waals surface area contributed by atoms with Crippen molar-refractivity contribution < 1.29 is 14.7 Å². The van der Waals surface area contributed by atoms with Crippen molar-refractivity contribution in [1.29, 1.82) is 5.26 Å². The van der Waals surface area contributed by atoms with Crippen molar-refractivity contribution in [1.82, 2.24) is 4.90 Å². The molecule has 1 aromatic rings. The van der Waals surface area contributed by atoms with Crippen molar-refractivity contribution >= 4 is 17.6 Å². The minimum Gasteiger partial charge on any atom is -0.480 e.